The van der Waals surface area contributed by atoms with E-state index in [0.29, 0.717) is 13.2 Å². The predicted octanol–water partition coefficient (Wildman–Crippen LogP) is 2.65. The van der Waals surface area contributed by atoms with Crippen LogP contribution in [-0.2, 0) is 0 Å². The van der Waals surface area contributed by atoms with E-state index in [-0.39, 0.29) is 30.0 Å². The molecule has 2 atom stereocenters. The molecule has 1 aromatic carbocycles. The molecule has 0 fully saturated rings. The van der Waals surface area contributed by atoms with Crippen LogP contribution in [0.5, 0.6) is 5.75 Å². The Morgan fingerprint density at radius 3 is 2.91 bits per heavy atom. The number of carbonyl (C=O) groups is 1. The molecule has 0 bridgehead atoms. The van der Waals surface area contributed by atoms with E-state index in [0.717, 1.165) is 24.2 Å². The van der Waals surface area contributed by atoms with Gasteiger partial charge in [-0.05, 0) is 31.2 Å². The van der Waals surface area contributed by atoms with Crippen molar-refractivity contribution in [3.63, 3.8) is 0 Å². The van der Waals surface area contributed by atoms with Crippen LogP contribution in [0.15, 0.2) is 24.3 Å². The highest BCUT2D eigenvalue weighted by Crippen LogP contribution is 2.35. The third-order valence-electron chi connectivity index (χ3n) is 4.44. The fraction of sp³-hybridized carbons (Fsp3) is 0.611. The van der Waals surface area contributed by atoms with Gasteiger partial charge in [-0.15, -0.1) is 0 Å². The van der Waals surface area contributed by atoms with E-state index in [2.05, 4.69) is 16.7 Å². The van der Waals surface area contributed by atoms with Gasteiger partial charge in [0.15, 0.2) is 0 Å². The summed E-state index contributed by atoms with van der Waals surface area (Å²) in [6.45, 7) is 7.42. The van der Waals surface area contributed by atoms with Gasteiger partial charge in [0.2, 0.25) is 0 Å². The first-order valence-electron chi connectivity index (χ1n) is 8.30. The smallest absolute Gasteiger partial charge is 0.315 e. The van der Waals surface area contributed by atoms with Gasteiger partial charge in [0.25, 0.3) is 0 Å². The summed E-state index contributed by atoms with van der Waals surface area (Å²) < 4.78 is 5.67. The number of urea groups is 1. The number of hydrogen-bond acceptors (Lipinski definition) is 3. The molecule has 0 aromatic heterocycles. The molecule has 1 heterocycles. The lowest BCUT2D eigenvalue weighted by Gasteiger charge is -2.22. The van der Waals surface area contributed by atoms with Crippen LogP contribution >= 0.6 is 0 Å². The van der Waals surface area contributed by atoms with Crippen molar-refractivity contribution in [2.45, 2.75) is 45.6 Å². The van der Waals surface area contributed by atoms with Crippen molar-refractivity contribution in [1.82, 2.24) is 10.6 Å². The number of nitrogens with one attached hydrogen (secondary N) is 2. The summed E-state index contributed by atoms with van der Waals surface area (Å²) in [5, 5.41) is 15.1. The average Bonchev–Trinajstić information content (AvgIpc) is 2.96. The molecule has 1 aromatic rings. The fourth-order valence-electron chi connectivity index (χ4n) is 2.81. The van der Waals surface area contributed by atoms with E-state index in [1.165, 1.54) is 0 Å². The van der Waals surface area contributed by atoms with Crippen LogP contribution in [0.2, 0.25) is 0 Å². The summed E-state index contributed by atoms with van der Waals surface area (Å²) in [5.74, 6) is 1.10. The zero-order chi connectivity index (χ0) is 16.9. The van der Waals surface area contributed by atoms with Gasteiger partial charge in [-0.1, -0.05) is 32.0 Å². The van der Waals surface area contributed by atoms with Crippen LogP contribution in [0, 0.1) is 5.41 Å². The number of ether oxygens (including phenoxy) is 1. The lowest BCUT2D eigenvalue weighted by molar-refractivity contribution is 0.148. The molecule has 1 aliphatic rings. The minimum atomic E-state index is -0.149. The maximum absolute atomic E-state index is 12.0. The number of carbonyl (C=O) groups excluding carboxylic acids is 1. The second-order valence-corrected chi connectivity index (χ2v) is 7.07. The predicted molar refractivity (Wildman–Crippen MR) is 90.8 cm³/mol. The van der Waals surface area contributed by atoms with E-state index in [1.807, 2.05) is 39.0 Å². The molecule has 2 unspecified atom stereocenters. The molecule has 5 heteroatoms. The van der Waals surface area contributed by atoms with Crippen molar-refractivity contribution < 1.29 is 14.6 Å². The molecule has 0 saturated carbocycles. The van der Waals surface area contributed by atoms with E-state index >= 15 is 0 Å². The van der Waals surface area contributed by atoms with Crippen molar-refractivity contribution in [2.75, 3.05) is 19.8 Å². The number of benzene rings is 1. The molecule has 0 spiro atoms. The molecular formula is C18H28N2O3. The largest absolute Gasteiger partial charge is 0.493 e. The molecule has 128 valence electrons. The number of hydrogen-bond donors (Lipinski definition) is 3. The molecule has 3 N–H and O–H groups in total. The minimum Gasteiger partial charge on any atom is -0.493 e. The van der Waals surface area contributed by atoms with Gasteiger partial charge in [-0.3, -0.25) is 0 Å². The van der Waals surface area contributed by atoms with Gasteiger partial charge in [0.05, 0.1) is 6.61 Å². The van der Waals surface area contributed by atoms with Crippen molar-refractivity contribution in [1.29, 1.82) is 0 Å². The van der Waals surface area contributed by atoms with Crippen LogP contribution in [0.25, 0.3) is 0 Å². The Kier molecular flexibility index (Phi) is 5.88. The lowest BCUT2D eigenvalue weighted by Crippen LogP contribution is -2.44. The molecule has 23 heavy (non-hydrogen) atoms. The Bertz CT molecular complexity index is 531. The van der Waals surface area contributed by atoms with Gasteiger partial charge < -0.3 is 20.5 Å². The molecule has 5 nitrogen and oxygen atoms in total. The first kappa shape index (κ1) is 17.6. The molecule has 0 radical (unpaired) electrons. The highest BCUT2D eigenvalue weighted by molar-refractivity contribution is 5.74. The molecule has 2 rings (SSSR count). The van der Waals surface area contributed by atoms with Crippen LogP contribution in [-0.4, -0.2) is 36.9 Å². The zero-order valence-electron chi connectivity index (χ0n) is 14.3. The standard InChI is InChI=1S/C18H28N2O3/c1-13(15-11-23-16-8-5-4-7-14(15)16)20-17(22)19-10-6-9-18(2,3)12-21/h4-5,7-8,13,15,21H,6,9-12H2,1-3H3,(H2,19,20,22). The van der Waals surface area contributed by atoms with Gasteiger partial charge in [-0.25, -0.2) is 4.79 Å². The molecule has 0 saturated heterocycles. The Morgan fingerprint density at radius 1 is 1.43 bits per heavy atom. The highest BCUT2D eigenvalue weighted by Gasteiger charge is 2.29. The van der Waals surface area contributed by atoms with Gasteiger partial charge in [0.1, 0.15) is 5.75 Å². The number of aliphatic hydroxyl groups is 1. The Morgan fingerprint density at radius 2 is 2.17 bits per heavy atom. The number of rotatable bonds is 7. The topological polar surface area (TPSA) is 70.6 Å². The summed E-state index contributed by atoms with van der Waals surface area (Å²) in [5.41, 5.74) is 1.07. The molecule has 0 aliphatic carbocycles. The Hall–Kier alpha value is -1.75. The van der Waals surface area contributed by atoms with Gasteiger partial charge in [-0.2, -0.15) is 0 Å². The quantitative estimate of drug-likeness (QED) is 0.676. The lowest BCUT2D eigenvalue weighted by atomic mass is 9.89. The third kappa shape index (κ3) is 4.86. The summed E-state index contributed by atoms with van der Waals surface area (Å²) in [7, 11) is 0. The Balaban J connectivity index is 1.74. The third-order valence-corrected chi connectivity index (χ3v) is 4.44. The number of amides is 2. The number of para-hydroxylation sites is 1. The summed E-state index contributed by atoms with van der Waals surface area (Å²) >= 11 is 0. The van der Waals surface area contributed by atoms with Gasteiger partial charge in [0, 0.05) is 30.7 Å². The summed E-state index contributed by atoms with van der Waals surface area (Å²) in [6, 6.07) is 7.83. The summed E-state index contributed by atoms with van der Waals surface area (Å²) in [4.78, 5) is 12.0. The second kappa shape index (κ2) is 7.68. The van der Waals surface area contributed by atoms with Crippen molar-refractivity contribution in [3.05, 3.63) is 29.8 Å². The SMILES string of the molecule is CC(NC(=O)NCCCC(C)(C)CO)C1COc2ccccc21. The van der Waals surface area contributed by atoms with Crippen molar-refractivity contribution in [2.24, 2.45) is 5.41 Å². The first-order chi connectivity index (χ1) is 10.9. The van der Waals surface area contributed by atoms with Crippen LogP contribution in [0.1, 0.15) is 45.1 Å². The van der Waals surface area contributed by atoms with Crippen LogP contribution in [0.4, 0.5) is 4.79 Å². The molecule has 1 aliphatic heterocycles. The highest BCUT2D eigenvalue weighted by atomic mass is 16.5. The van der Waals surface area contributed by atoms with E-state index < -0.39 is 0 Å². The van der Waals surface area contributed by atoms with Crippen molar-refractivity contribution in [3.8, 4) is 5.75 Å². The molecule has 2 amide bonds. The summed E-state index contributed by atoms with van der Waals surface area (Å²) in [6.07, 6.45) is 1.73. The second-order valence-electron chi connectivity index (χ2n) is 7.07. The van der Waals surface area contributed by atoms with E-state index in [4.69, 9.17) is 4.74 Å². The maximum Gasteiger partial charge on any atom is 0.315 e. The Labute approximate surface area is 138 Å². The number of fused-ring (bicyclic) bond motifs is 1. The van der Waals surface area contributed by atoms with E-state index in [9.17, 15) is 9.90 Å². The molecular weight excluding hydrogens is 292 g/mol. The fourth-order valence-corrected chi connectivity index (χ4v) is 2.81. The maximum atomic E-state index is 12.0. The van der Waals surface area contributed by atoms with E-state index in [1.54, 1.807) is 0 Å². The monoisotopic (exact) mass is 320 g/mol. The normalized spacial score (nSPS) is 18.0. The first-order valence-corrected chi connectivity index (χ1v) is 8.30. The average molecular weight is 320 g/mol. The van der Waals surface area contributed by atoms with Crippen molar-refractivity contribution >= 4 is 6.03 Å². The van der Waals surface area contributed by atoms with Crippen LogP contribution < -0.4 is 15.4 Å². The van der Waals surface area contributed by atoms with Gasteiger partial charge >= 0.3 is 6.03 Å². The van der Waals surface area contributed by atoms with Crippen LogP contribution in [0.3, 0.4) is 0 Å². The zero-order valence-corrected chi connectivity index (χ0v) is 14.3. The minimum absolute atomic E-state index is 0.00697. The number of aliphatic hydroxyl groups excluding tert-OH is 1.